The first-order valence-electron chi connectivity index (χ1n) is 5.23. The Morgan fingerprint density at radius 1 is 1.29 bits per heavy atom. The van der Waals surface area contributed by atoms with Crippen LogP contribution in [0.15, 0.2) is 29.8 Å². The number of thiazole rings is 1. The van der Waals surface area contributed by atoms with E-state index in [9.17, 15) is 0 Å². The van der Waals surface area contributed by atoms with Gasteiger partial charge in [-0.05, 0) is 26.0 Å². The Bertz CT molecular complexity index is 480. The minimum atomic E-state index is -0.256. The monoisotopic (exact) mass is 249 g/mol. The molecule has 0 bridgehead atoms. The second-order valence-electron chi connectivity index (χ2n) is 4.14. The van der Waals surface area contributed by atoms with Crippen LogP contribution in [-0.2, 0) is 5.54 Å². The lowest BCUT2D eigenvalue weighted by Gasteiger charge is -2.24. The molecule has 0 unspecified atom stereocenters. The number of nitrogens with two attached hydrogens (primary N) is 1. The Hall–Kier alpha value is -1.66. The van der Waals surface area contributed by atoms with Crippen LogP contribution in [0.25, 0.3) is 0 Å². The summed E-state index contributed by atoms with van der Waals surface area (Å²) in [5.74, 6) is 6.72. The van der Waals surface area contributed by atoms with Crippen molar-refractivity contribution in [1.29, 1.82) is 0 Å². The molecule has 0 radical (unpaired) electrons. The molecule has 5 nitrogen and oxygen atoms in total. The second-order valence-corrected chi connectivity index (χ2v) is 5.03. The number of hydrazine groups is 1. The van der Waals surface area contributed by atoms with E-state index < -0.39 is 0 Å². The molecule has 0 saturated carbocycles. The maximum atomic E-state index is 5.33. The van der Waals surface area contributed by atoms with Crippen molar-refractivity contribution < 1.29 is 0 Å². The summed E-state index contributed by atoms with van der Waals surface area (Å²) in [4.78, 5) is 8.63. The predicted molar refractivity (Wildman–Crippen MR) is 70.8 cm³/mol. The molecule has 0 atom stereocenters. The van der Waals surface area contributed by atoms with E-state index in [4.69, 9.17) is 5.84 Å². The fourth-order valence-corrected chi connectivity index (χ4v) is 2.21. The molecule has 6 heteroatoms. The highest BCUT2D eigenvalue weighted by atomic mass is 32.1. The van der Waals surface area contributed by atoms with Crippen molar-refractivity contribution in [2.45, 2.75) is 19.4 Å². The highest BCUT2D eigenvalue weighted by molar-refractivity contribution is 7.09. The third-order valence-electron chi connectivity index (χ3n) is 2.30. The molecule has 0 aliphatic heterocycles. The summed E-state index contributed by atoms with van der Waals surface area (Å²) in [6, 6.07) is 5.60. The molecule has 4 N–H and O–H groups in total. The van der Waals surface area contributed by atoms with Gasteiger partial charge in [-0.2, -0.15) is 0 Å². The van der Waals surface area contributed by atoms with Gasteiger partial charge in [-0.3, -0.25) is 0 Å². The van der Waals surface area contributed by atoms with Crippen LogP contribution < -0.4 is 16.6 Å². The molecule has 2 aromatic rings. The Morgan fingerprint density at radius 3 is 2.71 bits per heavy atom. The Labute approximate surface area is 104 Å². The summed E-state index contributed by atoms with van der Waals surface area (Å²) in [7, 11) is 0. The summed E-state index contributed by atoms with van der Waals surface area (Å²) < 4.78 is 0. The number of pyridine rings is 1. The Morgan fingerprint density at radius 2 is 2.06 bits per heavy atom. The van der Waals surface area contributed by atoms with E-state index in [1.54, 1.807) is 17.5 Å². The van der Waals surface area contributed by atoms with Gasteiger partial charge in [0.1, 0.15) is 16.6 Å². The van der Waals surface area contributed by atoms with Gasteiger partial charge in [-0.25, -0.2) is 15.8 Å². The van der Waals surface area contributed by atoms with Gasteiger partial charge in [0.15, 0.2) is 0 Å². The van der Waals surface area contributed by atoms with E-state index in [0.29, 0.717) is 5.82 Å². The minimum absolute atomic E-state index is 0.256. The number of hydrogen-bond donors (Lipinski definition) is 3. The van der Waals surface area contributed by atoms with Crippen molar-refractivity contribution in [3.63, 3.8) is 0 Å². The highest BCUT2D eigenvalue weighted by Crippen LogP contribution is 2.26. The lowest BCUT2D eigenvalue weighted by Crippen LogP contribution is -2.28. The largest absolute Gasteiger partial charge is 0.359 e. The summed E-state index contributed by atoms with van der Waals surface area (Å²) in [6.45, 7) is 4.13. The van der Waals surface area contributed by atoms with Gasteiger partial charge >= 0.3 is 0 Å². The van der Waals surface area contributed by atoms with Gasteiger partial charge in [-0.15, -0.1) is 11.3 Å². The predicted octanol–water partition coefficient (Wildman–Crippen LogP) is 2.17. The fourth-order valence-electron chi connectivity index (χ4n) is 1.49. The number of nitrogens with zero attached hydrogens (tertiary/aromatic N) is 2. The minimum Gasteiger partial charge on any atom is -0.359 e. The molecule has 0 fully saturated rings. The molecular formula is C11H15N5S. The first kappa shape index (κ1) is 11.8. The zero-order chi connectivity index (χ0) is 12.3. The molecule has 90 valence electrons. The highest BCUT2D eigenvalue weighted by Gasteiger charge is 2.23. The summed E-state index contributed by atoms with van der Waals surface area (Å²) >= 11 is 1.62. The third-order valence-corrected chi connectivity index (χ3v) is 3.40. The molecule has 0 spiro atoms. The van der Waals surface area contributed by atoms with Gasteiger partial charge in [0.2, 0.25) is 0 Å². The molecule has 2 aromatic heterocycles. The van der Waals surface area contributed by atoms with Crippen molar-refractivity contribution in [1.82, 2.24) is 9.97 Å². The molecule has 0 aliphatic carbocycles. The average molecular weight is 249 g/mol. The van der Waals surface area contributed by atoms with Crippen molar-refractivity contribution in [2.75, 3.05) is 10.7 Å². The van der Waals surface area contributed by atoms with E-state index in [1.807, 2.05) is 23.6 Å². The number of rotatable bonds is 4. The van der Waals surface area contributed by atoms with E-state index >= 15 is 0 Å². The zero-order valence-electron chi connectivity index (χ0n) is 9.77. The van der Waals surface area contributed by atoms with Crippen LogP contribution in [0.1, 0.15) is 18.9 Å². The molecular weight excluding hydrogens is 234 g/mol. The number of anilines is 2. The van der Waals surface area contributed by atoms with Crippen LogP contribution in [0.4, 0.5) is 11.6 Å². The lowest BCUT2D eigenvalue weighted by molar-refractivity contribution is 0.601. The molecule has 0 saturated heterocycles. The number of nitrogens with one attached hydrogen (secondary N) is 2. The van der Waals surface area contributed by atoms with Crippen molar-refractivity contribution in [3.05, 3.63) is 34.8 Å². The van der Waals surface area contributed by atoms with Crippen LogP contribution in [0.3, 0.4) is 0 Å². The van der Waals surface area contributed by atoms with E-state index in [0.717, 1.165) is 10.8 Å². The van der Waals surface area contributed by atoms with Gasteiger partial charge in [0.05, 0.1) is 5.54 Å². The molecule has 2 heterocycles. The SMILES string of the molecule is CC(C)(Nc1cccc(NN)n1)c1nccs1. The van der Waals surface area contributed by atoms with Crippen LogP contribution in [-0.4, -0.2) is 9.97 Å². The Kier molecular flexibility index (Phi) is 3.26. The van der Waals surface area contributed by atoms with Crippen LogP contribution in [0.5, 0.6) is 0 Å². The number of aromatic nitrogens is 2. The quantitative estimate of drug-likeness (QED) is 0.572. The second kappa shape index (κ2) is 4.68. The maximum absolute atomic E-state index is 5.33. The average Bonchev–Trinajstić information content (AvgIpc) is 2.83. The first-order valence-corrected chi connectivity index (χ1v) is 6.11. The topological polar surface area (TPSA) is 75.9 Å². The van der Waals surface area contributed by atoms with Crippen LogP contribution in [0, 0.1) is 0 Å². The van der Waals surface area contributed by atoms with Gasteiger partial charge < -0.3 is 10.7 Å². The van der Waals surface area contributed by atoms with Gasteiger partial charge in [0.25, 0.3) is 0 Å². The molecule has 17 heavy (non-hydrogen) atoms. The fraction of sp³-hybridized carbons (Fsp3) is 0.273. The zero-order valence-corrected chi connectivity index (χ0v) is 10.6. The molecule has 0 amide bonds. The molecule has 0 aliphatic rings. The standard InChI is InChI=1S/C11H15N5S/c1-11(2,10-13-6-7-17-10)15-8-4-3-5-9(14-8)16-12/h3-7H,12H2,1-2H3,(H2,14,15,16). The number of nitrogen functional groups attached to an aromatic ring is 1. The summed E-state index contributed by atoms with van der Waals surface area (Å²) in [6.07, 6.45) is 1.80. The van der Waals surface area contributed by atoms with E-state index in [2.05, 4.69) is 34.6 Å². The van der Waals surface area contributed by atoms with Gasteiger partial charge in [0, 0.05) is 11.6 Å². The number of hydrogen-bond acceptors (Lipinski definition) is 6. The van der Waals surface area contributed by atoms with Crippen molar-refractivity contribution >= 4 is 23.0 Å². The van der Waals surface area contributed by atoms with Crippen LogP contribution in [0.2, 0.25) is 0 Å². The Balaban J connectivity index is 2.20. The summed E-state index contributed by atoms with van der Waals surface area (Å²) in [5, 5.41) is 6.32. The molecule has 0 aromatic carbocycles. The van der Waals surface area contributed by atoms with Crippen LogP contribution >= 0.6 is 11.3 Å². The van der Waals surface area contributed by atoms with E-state index in [-0.39, 0.29) is 5.54 Å². The third kappa shape index (κ3) is 2.72. The van der Waals surface area contributed by atoms with Crippen molar-refractivity contribution in [3.8, 4) is 0 Å². The maximum Gasteiger partial charge on any atom is 0.142 e. The first-order chi connectivity index (χ1) is 8.12. The summed E-state index contributed by atoms with van der Waals surface area (Å²) in [5.41, 5.74) is 2.27. The smallest absolute Gasteiger partial charge is 0.142 e. The van der Waals surface area contributed by atoms with Gasteiger partial charge in [-0.1, -0.05) is 6.07 Å². The lowest BCUT2D eigenvalue weighted by atomic mass is 10.1. The molecule has 2 rings (SSSR count). The normalized spacial score (nSPS) is 11.2. The van der Waals surface area contributed by atoms with E-state index in [1.165, 1.54) is 0 Å². The van der Waals surface area contributed by atoms with Crippen molar-refractivity contribution in [2.24, 2.45) is 5.84 Å².